The number of hydrogen-bond acceptors (Lipinski definition) is 3. The highest BCUT2D eigenvalue weighted by Gasteiger charge is 2.33. The first kappa shape index (κ1) is 14.0. The van der Waals surface area contributed by atoms with Crippen LogP contribution < -0.4 is 4.74 Å². The van der Waals surface area contributed by atoms with E-state index in [1.807, 2.05) is 27.7 Å². The quantitative estimate of drug-likeness (QED) is 0.872. The van der Waals surface area contributed by atoms with Crippen LogP contribution in [0.2, 0.25) is 0 Å². The Kier molecular flexibility index (Phi) is 4.14. The minimum Gasteiger partial charge on any atom is -0.478 e. The number of pyridine rings is 1. The first-order valence-electron chi connectivity index (χ1n) is 5.24. The van der Waals surface area contributed by atoms with E-state index >= 15 is 0 Å². The summed E-state index contributed by atoms with van der Waals surface area (Å²) in [6, 6.07) is 3.50. The van der Waals surface area contributed by atoms with Crippen molar-refractivity contribution in [2.24, 2.45) is 5.41 Å². The lowest BCUT2D eigenvalue weighted by atomic mass is 9.89. The van der Waals surface area contributed by atoms with E-state index in [9.17, 15) is 4.79 Å². The number of nitrogens with zero attached hydrogens (tertiary/aromatic N) is 1. The summed E-state index contributed by atoms with van der Waals surface area (Å²) in [7, 11) is 0. The number of carboxylic acid groups (broad SMARTS) is 1. The van der Waals surface area contributed by atoms with E-state index in [0.717, 1.165) is 5.69 Å². The third-order valence-corrected chi connectivity index (χ3v) is 2.78. The van der Waals surface area contributed by atoms with Crippen molar-refractivity contribution in [3.05, 3.63) is 22.4 Å². The van der Waals surface area contributed by atoms with E-state index < -0.39 is 17.5 Å². The van der Waals surface area contributed by atoms with E-state index in [0.29, 0.717) is 10.4 Å². The summed E-state index contributed by atoms with van der Waals surface area (Å²) in [5.41, 5.74) is 0.350. The molecule has 1 rings (SSSR count). The van der Waals surface area contributed by atoms with Gasteiger partial charge < -0.3 is 9.84 Å². The van der Waals surface area contributed by atoms with Crippen molar-refractivity contribution in [3.63, 3.8) is 0 Å². The second kappa shape index (κ2) is 5.04. The minimum atomic E-state index is -0.982. The summed E-state index contributed by atoms with van der Waals surface area (Å²) in [6.07, 6.45) is -0.914. The SMILES string of the molecule is Cc1ccc(OC(C(=O)O)C(C)(C)C)c(Br)n1. The van der Waals surface area contributed by atoms with Crippen molar-refractivity contribution >= 4 is 21.9 Å². The molecule has 1 N–H and O–H groups in total. The maximum Gasteiger partial charge on any atom is 0.345 e. The zero-order valence-electron chi connectivity index (χ0n) is 10.3. The van der Waals surface area contributed by atoms with E-state index in [1.165, 1.54) is 0 Å². The molecular weight excluding hydrogens is 286 g/mol. The summed E-state index contributed by atoms with van der Waals surface area (Å²) in [4.78, 5) is 15.3. The number of carbonyl (C=O) groups is 1. The molecule has 1 unspecified atom stereocenters. The summed E-state index contributed by atoms with van der Waals surface area (Å²) >= 11 is 3.26. The van der Waals surface area contributed by atoms with E-state index in [-0.39, 0.29) is 0 Å². The van der Waals surface area contributed by atoms with Crippen LogP contribution in [-0.4, -0.2) is 22.2 Å². The molecule has 0 saturated carbocycles. The van der Waals surface area contributed by atoms with E-state index in [2.05, 4.69) is 20.9 Å². The van der Waals surface area contributed by atoms with Gasteiger partial charge in [0.15, 0.2) is 5.75 Å². The Morgan fingerprint density at radius 1 is 1.47 bits per heavy atom. The molecule has 0 radical (unpaired) electrons. The molecule has 0 saturated heterocycles. The number of aliphatic carboxylic acids is 1. The number of hydrogen-bond donors (Lipinski definition) is 1. The summed E-state index contributed by atoms with van der Waals surface area (Å²) in [5, 5.41) is 9.15. The number of rotatable bonds is 3. The van der Waals surface area contributed by atoms with Crippen LogP contribution in [0.5, 0.6) is 5.75 Å². The fourth-order valence-electron chi connectivity index (χ4n) is 1.32. The second-order valence-electron chi connectivity index (χ2n) is 4.94. The molecule has 0 aromatic carbocycles. The highest BCUT2D eigenvalue weighted by molar-refractivity contribution is 9.10. The molecular formula is C12H16BrNO3. The number of aromatic nitrogens is 1. The fraction of sp³-hybridized carbons (Fsp3) is 0.500. The van der Waals surface area contributed by atoms with Gasteiger partial charge in [0.1, 0.15) is 4.60 Å². The molecule has 0 bridgehead atoms. The summed E-state index contributed by atoms with van der Waals surface area (Å²) in [6.45, 7) is 7.32. The Hall–Kier alpha value is -1.10. The van der Waals surface area contributed by atoms with Crippen molar-refractivity contribution in [3.8, 4) is 5.75 Å². The lowest BCUT2D eigenvalue weighted by Crippen LogP contribution is -2.39. The maximum absolute atomic E-state index is 11.2. The number of aryl methyl sites for hydroxylation is 1. The Morgan fingerprint density at radius 2 is 2.06 bits per heavy atom. The van der Waals surface area contributed by atoms with Gasteiger partial charge >= 0.3 is 5.97 Å². The standard InChI is InChI=1S/C12H16BrNO3/c1-7-5-6-8(10(13)14-7)17-9(11(15)16)12(2,3)4/h5-6,9H,1-4H3,(H,15,16). The third kappa shape index (κ3) is 3.70. The molecule has 0 aliphatic rings. The van der Waals surface area contributed by atoms with Crippen LogP contribution in [0.25, 0.3) is 0 Å². The number of carboxylic acids is 1. The zero-order valence-corrected chi connectivity index (χ0v) is 11.9. The van der Waals surface area contributed by atoms with Crippen LogP contribution in [0.15, 0.2) is 16.7 Å². The van der Waals surface area contributed by atoms with Gasteiger partial charge in [-0.2, -0.15) is 0 Å². The van der Waals surface area contributed by atoms with Crippen molar-refractivity contribution in [2.45, 2.75) is 33.8 Å². The second-order valence-corrected chi connectivity index (χ2v) is 5.69. The molecule has 1 heterocycles. The van der Waals surface area contributed by atoms with E-state index in [4.69, 9.17) is 9.84 Å². The Bertz CT molecular complexity index is 426. The molecule has 1 aromatic heterocycles. The van der Waals surface area contributed by atoms with Crippen LogP contribution in [-0.2, 0) is 4.79 Å². The van der Waals surface area contributed by atoms with Crippen LogP contribution in [0, 0.1) is 12.3 Å². The first-order chi connectivity index (χ1) is 7.71. The monoisotopic (exact) mass is 301 g/mol. The van der Waals surface area contributed by atoms with Gasteiger partial charge in [-0.05, 0) is 35.0 Å². The summed E-state index contributed by atoms with van der Waals surface area (Å²) < 4.78 is 6.04. The normalized spacial score (nSPS) is 13.2. The Morgan fingerprint density at radius 3 is 2.47 bits per heavy atom. The van der Waals surface area contributed by atoms with Gasteiger partial charge in [0.2, 0.25) is 6.10 Å². The van der Waals surface area contributed by atoms with Gasteiger partial charge in [-0.15, -0.1) is 0 Å². The van der Waals surface area contributed by atoms with Gasteiger partial charge in [-0.25, -0.2) is 9.78 Å². The van der Waals surface area contributed by atoms with Gasteiger partial charge in [0, 0.05) is 11.1 Å². The van der Waals surface area contributed by atoms with Crippen molar-refractivity contribution in [1.29, 1.82) is 0 Å². The van der Waals surface area contributed by atoms with Crippen LogP contribution in [0.1, 0.15) is 26.5 Å². The minimum absolute atomic E-state index is 0.443. The molecule has 0 amide bonds. The number of ether oxygens (including phenoxy) is 1. The highest BCUT2D eigenvalue weighted by Crippen LogP contribution is 2.29. The van der Waals surface area contributed by atoms with Crippen LogP contribution in [0.4, 0.5) is 0 Å². The Balaban J connectivity index is 2.98. The van der Waals surface area contributed by atoms with Gasteiger partial charge in [-0.1, -0.05) is 20.8 Å². The molecule has 94 valence electrons. The lowest BCUT2D eigenvalue weighted by Gasteiger charge is -2.27. The van der Waals surface area contributed by atoms with E-state index in [1.54, 1.807) is 12.1 Å². The van der Waals surface area contributed by atoms with Crippen LogP contribution in [0.3, 0.4) is 0 Å². The predicted octanol–water partition coefficient (Wildman–Crippen LogP) is 3.03. The smallest absolute Gasteiger partial charge is 0.345 e. The zero-order chi connectivity index (χ0) is 13.2. The molecule has 17 heavy (non-hydrogen) atoms. The van der Waals surface area contributed by atoms with Crippen molar-refractivity contribution in [2.75, 3.05) is 0 Å². The molecule has 4 nitrogen and oxygen atoms in total. The lowest BCUT2D eigenvalue weighted by molar-refractivity contribution is -0.150. The fourth-order valence-corrected chi connectivity index (χ4v) is 1.83. The number of halogens is 1. The first-order valence-corrected chi connectivity index (χ1v) is 6.03. The van der Waals surface area contributed by atoms with Crippen molar-refractivity contribution in [1.82, 2.24) is 4.98 Å². The Labute approximate surface area is 109 Å². The summed E-state index contributed by atoms with van der Waals surface area (Å²) in [5.74, 6) is -0.539. The molecule has 0 aliphatic carbocycles. The molecule has 1 aromatic rings. The molecule has 1 atom stereocenters. The topological polar surface area (TPSA) is 59.4 Å². The average Bonchev–Trinajstić information content (AvgIpc) is 2.13. The maximum atomic E-state index is 11.2. The molecule has 0 fully saturated rings. The third-order valence-electron chi connectivity index (χ3n) is 2.21. The average molecular weight is 302 g/mol. The molecule has 5 heteroatoms. The van der Waals surface area contributed by atoms with Crippen LogP contribution >= 0.6 is 15.9 Å². The van der Waals surface area contributed by atoms with Gasteiger partial charge in [0.25, 0.3) is 0 Å². The van der Waals surface area contributed by atoms with Gasteiger partial charge in [-0.3, -0.25) is 0 Å². The molecule has 0 aliphatic heterocycles. The van der Waals surface area contributed by atoms with Crippen molar-refractivity contribution < 1.29 is 14.6 Å². The predicted molar refractivity (Wildman–Crippen MR) is 68.2 cm³/mol. The largest absolute Gasteiger partial charge is 0.478 e. The van der Waals surface area contributed by atoms with Gasteiger partial charge in [0.05, 0.1) is 0 Å². The highest BCUT2D eigenvalue weighted by atomic mass is 79.9. The molecule has 0 spiro atoms.